The van der Waals surface area contributed by atoms with Gasteiger partial charge in [-0.3, -0.25) is 14.3 Å². The molecule has 3 heterocycles. The van der Waals surface area contributed by atoms with E-state index in [1.807, 2.05) is 42.6 Å². The molecule has 0 radical (unpaired) electrons. The molecule has 0 saturated heterocycles. The summed E-state index contributed by atoms with van der Waals surface area (Å²) < 4.78 is 1.92. The lowest BCUT2D eigenvalue weighted by atomic mass is 10.0. The van der Waals surface area contributed by atoms with Crippen molar-refractivity contribution < 1.29 is 4.79 Å². The molecule has 1 amide bonds. The Hall–Kier alpha value is -2.70. The van der Waals surface area contributed by atoms with Crippen molar-refractivity contribution in [3.8, 4) is 0 Å². The van der Waals surface area contributed by atoms with Gasteiger partial charge in [0.1, 0.15) is 0 Å². The molecule has 3 aromatic heterocycles. The molecule has 0 fully saturated rings. The molecule has 0 aliphatic rings. The van der Waals surface area contributed by atoms with Crippen molar-refractivity contribution in [1.82, 2.24) is 30.1 Å². The number of carbonyl (C=O) groups is 1. The highest BCUT2D eigenvalue weighted by Crippen LogP contribution is 2.21. The minimum absolute atomic E-state index is 0.0472. The van der Waals surface area contributed by atoms with E-state index in [4.69, 9.17) is 0 Å². The molecule has 0 bridgehead atoms. The molecular formula is C17H22N6O. The molecule has 0 aromatic carbocycles. The normalized spacial score (nSPS) is 12.7. The molecule has 0 aliphatic carbocycles. The summed E-state index contributed by atoms with van der Waals surface area (Å²) in [5, 5.41) is 18.6. The van der Waals surface area contributed by atoms with Crippen LogP contribution in [0.25, 0.3) is 5.65 Å². The van der Waals surface area contributed by atoms with E-state index in [2.05, 4.69) is 39.6 Å². The first-order chi connectivity index (χ1) is 11.5. The van der Waals surface area contributed by atoms with Crippen molar-refractivity contribution in [3.05, 3.63) is 47.2 Å². The lowest BCUT2D eigenvalue weighted by molar-refractivity contribution is -0.121. The third kappa shape index (κ3) is 3.02. The highest BCUT2D eigenvalue weighted by Gasteiger charge is 2.24. The summed E-state index contributed by atoms with van der Waals surface area (Å²) in [5.41, 5.74) is 3.50. The minimum Gasteiger partial charge on any atom is -0.346 e. The molecule has 2 N–H and O–H groups in total. The number of hydrogen-bond acceptors (Lipinski definition) is 4. The summed E-state index contributed by atoms with van der Waals surface area (Å²) >= 11 is 0. The molecule has 0 unspecified atom stereocenters. The van der Waals surface area contributed by atoms with Gasteiger partial charge in [0, 0.05) is 17.5 Å². The summed E-state index contributed by atoms with van der Waals surface area (Å²) in [6, 6.07) is 5.54. The van der Waals surface area contributed by atoms with Gasteiger partial charge in [-0.15, -0.1) is 10.2 Å². The van der Waals surface area contributed by atoms with Gasteiger partial charge in [0.15, 0.2) is 11.5 Å². The first-order valence-electron chi connectivity index (χ1n) is 8.07. The SMILES string of the molecule is Cc1n[nH]c(C)c1CC(=O)N[C@H](c1nnc2ccccn12)C(C)C. The quantitative estimate of drug-likeness (QED) is 0.752. The minimum atomic E-state index is -0.206. The van der Waals surface area contributed by atoms with Crippen LogP contribution >= 0.6 is 0 Å². The monoisotopic (exact) mass is 326 g/mol. The average molecular weight is 326 g/mol. The highest BCUT2D eigenvalue weighted by atomic mass is 16.1. The van der Waals surface area contributed by atoms with Crippen LogP contribution < -0.4 is 5.32 Å². The van der Waals surface area contributed by atoms with E-state index in [9.17, 15) is 4.79 Å². The molecule has 0 aliphatic heterocycles. The number of carbonyl (C=O) groups excluding carboxylic acids is 1. The van der Waals surface area contributed by atoms with Gasteiger partial charge in [0.05, 0.1) is 18.2 Å². The van der Waals surface area contributed by atoms with Gasteiger partial charge >= 0.3 is 0 Å². The number of nitrogens with zero attached hydrogens (tertiary/aromatic N) is 4. The number of nitrogens with one attached hydrogen (secondary N) is 2. The highest BCUT2D eigenvalue weighted by molar-refractivity contribution is 5.79. The molecule has 7 nitrogen and oxygen atoms in total. The van der Waals surface area contributed by atoms with Gasteiger partial charge in [-0.05, 0) is 31.9 Å². The Balaban J connectivity index is 1.83. The van der Waals surface area contributed by atoms with Crippen molar-refractivity contribution >= 4 is 11.6 Å². The number of fused-ring (bicyclic) bond motifs is 1. The molecular weight excluding hydrogens is 304 g/mol. The van der Waals surface area contributed by atoms with E-state index in [-0.39, 0.29) is 17.9 Å². The van der Waals surface area contributed by atoms with Crippen molar-refractivity contribution in [1.29, 1.82) is 0 Å². The Morgan fingerprint density at radius 3 is 2.75 bits per heavy atom. The van der Waals surface area contributed by atoms with Crippen LogP contribution in [0.1, 0.15) is 42.7 Å². The number of H-pyrrole nitrogens is 1. The van der Waals surface area contributed by atoms with Gasteiger partial charge in [-0.1, -0.05) is 19.9 Å². The topological polar surface area (TPSA) is 88.0 Å². The van der Waals surface area contributed by atoms with Crippen molar-refractivity contribution in [2.75, 3.05) is 0 Å². The van der Waals surface area contributed by atoms with Gasteiger partial charge in [-0.2, -0.15) is 5.10 Å². The van der Waals surface area contributed by atoms with Crippen LogP contribution in [0.15, 0.2) is 24.4 Å². The van der Waals surface area contributed by atoms with E-state index in [0.29, 0.717) is 6.42 Å². The second kappa shape index (κ2) is 6.43. The van der Waals surface area contributed by atoms with E-state index in [1.165, 1.54) is 0 Å². The largest absolute Gasteiger partial charge is 0.346 e. The van der Waals surface area contributed by atoms with Gasteiger partial charge in [0.2, 0.25) is 5.91 Å². The molecule has 1 atom stereocenters. The van der Waals surface area contributed by atoms with Crippen molar-refractivity contribution in [2.45, 2.75) is 40.2 Å². The third-order valence-corrected chi connectivity index (χ3v) is 4.22. The van der Waals surface area contributed by atoms with Crippen LogP contribution in [0, 0.1) is 19.8 Å². The molecule has 3 rings (SSSR count). The molecule has 126 valence electrons. The van der Waals surface area contributed by atoms with Gasteiger partial charge in [0.25, 0.3) is 0 Å². The number of amides is 1. The zero-order valence-corrected chi connectivity index (χ0v) is 14.4. The maximum Gasteiger partial charge on any atom is 0.225 e. The number of rotatable bonds is 5. The molecule has 0 saturated carbocycles. The number of hydrogen-bond donors (Lipinski definition) is 2. The van der Waals surface area contributed by atoms with Gasteiger partial charge in [-0.25, -0.2) is 0 Å². The Morgan fingerprint density at radius 1 is 1.29 bits per heavy atom. The fourth-order valence-corrected chi connectivity index (χ4v) is 2.82. The first-order valence-corrected chi connectivity index (χ1v) is 8.07. The molecule has 24 heavy (non-hydrogen) atoms. The Labute approximate surface area is 140 Å². The van der Waals surface area contributed by atoms with Gasteiger partial charge < -0.3 is 5.32 Å². The van der Waals surface area contributed by atoms with E-state index >= 15 is 0 Å². The summed E-state index contributed by atoms with van der Waals surface area (Å²) in [4.78, 5) is 12.6. The standard InChI is InChI=1S/C17H22N6O/c1-10(2)16(17-22-21-14-7-5-6-8-23(14)17)18-15(24)9-13-11(3)19-20-12(13)4/h5-8,10,16H,9H2,1-4H3,(H,18,24)(H,19,20)/t16-/m0/s1. The number of aromatic nitrogens is 5. The van der Waals surface area contributed by atoms with Crippen LogP contribution in [0.5, 0.6) is 0 Å². The number of aryl methyl sites for hydroxylation is 2. The fourth-order valence-electron chi connectivity index (χ4n) is 2.82. The Kier molecular flexibility index (Phi) is 4.33. The van der Waals surface area contributed by atoms with Crippen LogP contribution in [-0.4, -0.2) is 30.7 Å². The average Bonchev–Trinajstić information content (AvgIpc) is 3.11. The predicted octanol–water partition coefficient (Wildman–Crippen LogP) is 2.13. The maximum atomic E-state index is 12.6. The van der Waals surface area contributed by atoms with E-state index in [1.54, 1.807) is 0 Å². The van der Waals surface area contributed by atoms with Crippen LogP contribution in [-0.2, 0) is 11.2 Å². The van der Waals surface area contributed by atoms with Crippen molar-refractivity contribution in [2.24, 2.45) is 5.92 Å². The first kappa shape index (κ1) is 16.2. The summed E-state index contributed by atoms with van der Waals surface area (Å²) in [5.74, 6) is 0.886. The zero-order valence-electron chi connectivity index (χ0n) is 14.4. The van der Waals surface area contributed by atoms with Crippen LogP contribution in [0.4, 0.5) is 0 Å². The number of aromatic amines is 1. The molecule has 7 heteroatoms. The molecule has 3 aromatic rings. The predicted molar refractivity (Wildman–Crippen MR) is 90.5 cm³/mol. The third-order valence-electron chi connectivity index (χ3n) is 4.22. The zero-order chi connectivity index (χ0) is 17.3. The lowest BCUT2D eigenvalue weighted by Gasteiger charge is -2.21. The fraction of sp³-hybridized carbons (Fsp3) is 0.412. The van der Waals surface area contributed by atoms with E-state index < -0.39 is 0 Å². The van der Waals surface area contributed by atoms with E-state index in [0.717, 1.165) is 28.4 Å². The summed E-state index contributed by atoms with van der Waals surface area (Å²) in [6.45, 7) is 7.94. The maximum absolute atomic E-state index is 12.6. The summed E-state index contributed by atoms with van der Waals surface area (Å²) in [7, 11) is 0. The second-order valence-electron chi connectivity index (χ2n) is 6.37. The Morgan fingerprint density at radius 2 is 2.08 bits per heavy atom. The molecule has 0 spiro atoms. The number of pyridine rings is 1. The summed E-state index contributed by atoms with van der Waals surface area (Å²) in [6.07, 6.45) is 2.21. The Bertz CT molecular complexity index is 843. The smallest absolute Gasteiger partial charge is 0.225 e. The van der Waals surface area contributed by atoms with Crippen molar-refractivity contribution in [3.63, 3.8) is 0 Å². The lowest BCUT2D eigenvalue weighted by Crippen LogP contribution is -2.34. The second-order valence-corrected chi connectivity index (χ2v) is 6.37. The van der Waals surface area contributed by atoms with Crippen LogP contribution in [0.2, 0.25) is 0 Å². The van der Waals surface area contributed by atoms with Crippen LogP contribution in [0.3, 0.4) is 0 Å².